The van der Waals surface area contributed by atoms with Gasteiger partial charge in [-0.25, -0.2) is 9.59 Å². The number of benzene rings is 1. The molecule has 0 aliphatic heterocycles. The summed E-state index contributed by atoms with van der Waals surface area (Å²) < 4.78 is 0. The fourth-order valence-corrected chi connectivity index (χ4v) is 2.26. The van der Waals surface area contributed by atoms with Crippen molar-refractivity contribution < 1.29 is 19.8 Å². The fraction of sp³-hybridized carbons (Fsp3) is 0. The van der Waals surface area contributed by atoms with Crippen LogP contribution in [-0.2, 0) is 9.59 Å². The second kappa shape index (κ2) is 2.61. The molecule has 78 valence electrons. The number of rotatable bonds is 2. The Morgan fingerprint density at radius 3 is 2.31 bits per heavy atom. The lowest BCUT2D eigenvalue weighted by atomic mass is 9.81. The first kappa shape index (κ1) is 8.91. The molecule has 1 aromatic rings. The average molecular weight is 214 g/mol. The van der Waals surface area contributed by atoms with Crippen molar-refractivity contribution in [2.45, 2.75) is 0 Å². The molecule has 2 aliphatic carbocycles. The van der Waals surface area contributed by atoms with Crippen LogP contribution >= 0.6 is 0 Å². The molecule has 4 nitrogen and oxygen atoms in total. The van der Waals surface area contributed by atoms with E-state index < -0.39 is 11.9 Å². The Hall–Kier alpha value is -2.36. The highest BCUT2D eigenvalue weighted by atomic mass is 16.4. The van der Waals surface area contributed by atoms with Gasteiger partial charge in [-0.3, -0.25) is 0 Å². The normalized spacial score (nSPS) is 15.4. The van der Waals surface area contributed by atoms with E-state index in [1.165, 1.54) is 6.08 Å². The van der Waals surface area contributed by atoms with Gasteiger partial charge in [0, 0.05) is 0 Å². The van der Waals surface area contributed by atoms with Crippen LogP contribution in [-0.4, -0.2) is 22.2 Å². The monoisotopic (exact) mass is 214 g/mol. The summed E-state index contributed by atoms with van der Waals surface area (Å²) in [6.45, 7) is 0. The Morgan fingerprint density at radius 1 is 1.00 bits per heavy atom. The summed E-state index contributed by atoms with van der Waals surface area (Å²) in [5, 5.41) is 18.0. The molecule has 0 atom stereocenters. The van der Waals surface area contributed by atoms with E-state index in [-0.39, 0.29) is 11.1 Å². The van der Waals surface area contributed by atoms with E-state index in [0.717, 1.165) is 5.56 Å². The van der Waals surface area contributed by atoms with Crippen LogP contribution in [0.3, 0.4) is 0 Å². The van der Waals surface area contributed by atoms with Crippen molar-refractivity contribution in [1.29, 1.82) is 0 Å². The zero-order valence-corrected chi connectivity index (χ0v) is 8.02. The molecule has 1 aromatic carbocycles. The molecular formula is C12H6O4. The molecule has 0 spiro atoms. The number of allylic oxidation sites excluding steroid dienone is 2. The largest absolute Gasteiger partial charge is 0.478 e. The quantitative estimate of drug-likeness (QED) is 0.781. The third-order valence-electron chi connectivity index (χ3n) is 2.90. The minimum atomic E-state index is -1.03. The summed E-state index contributed by atoms with van der Waals surface area (Å²) in [7, 11) is 0. The number of carboxylic acids is 2. The summed E-state index contributed by atoms with van der Waals surface area (Å²) in [5.41, 5.74) is 2.93. The number of hydrogen-bond acceptors (Lipinski definition) is 2. The zero-order valence-electron chi connectivity index (χ0n) is 8.02. The van der Waals surface area contributed by atoms with E-state index in [9.17, 15) is 9.59 Å². The van der Waals surface area contributed by atoms with Crippen molar-refractivity contribution in [3.63, 3.8) is 0 Å². The van der Waals surface area contributed by atoms with Crippen LogP contribution in [0.5, 0.6) is 0 Å². The molecule has 0 bridgehead atoms. The Balaban J connectivity index is 2.31. The first-order valence-corrected chi connectivity index (χ1v) is 4.68. The minimum absolute atomic E-state index is 0.170. The molecule has 0 radical (unpaired) electrons. The summed E-state index contributed by atoms with van der Waals surface area (Å²) >= 11 is 0. The van der Waals surface area contributed by atoms with Gasteiger partial charge in [0.2, 0.25) is 0 Å². The summed E-state index contributed by atoms with van der Waals surface area (Å²) in [5.74, 6) is -2.04. The number of aliphatic carboxylic acids is 2. The predicted molar refractivity (Wildman–Crippen MR) is 56.5 cm³/mol. The third-order valence-corrected chi connectivity index (χ3v) is 2.90. The maximum Gasteiger partial charge on any atom is 0.336 e. The van der Waals surface area contributed by atoms with Crippen molar-refractivity contribution in [2.24, 2.45) is 0 Å². The SMILES string of the molecule is O=C(O)C1=CC2=C(C(=O)O)c3cccc1c32. The van der Waals surface area contributed by atoms with E-state index in [2.05, 4.69) is 0 Å². The Morgan fingerprint density at radius 2 is 1.69 bits per heavy atom. The molecule has 0 saturated heterocycles. The van der Waals surface area contributed by atoms with Crippen molar-refractivity contribution >= 4 is 28.7 Å². The highest BCUT2D eigenvalue weighted by Crippen LogP contribution is 2.50. The van der Waals surface area contributed by atoms with Crippen molar-refractivity contribution in [3.8, 4) is 0 Å². The van der Waals surface area contributed by atoms with Crippen molar-refractivity contribution in [3.05, 3.63) is 41.0 Å². The number of carbonyl (C=O) groups is 2. The Labute approximate surface area is 90.1 Å². The molecule has 0 heterocycles. The van der Waals surface area contributed by atoms with Crippen molar-refractivity contribution in [1.82, 2.24) is 0 Å². The van der Waals surface area contributed by atoms with Crippen LogP contribution in [0, 0.1) is 0 Å². The molecular weight excluding hydrogens is 208 g/mol. The second-order valence-electron chi connectivity index (χ2n) is 3.69. The van der Waals surface area contributed by atoms with Crippen LogP contribution in [0.15, 0.2) is 24.3 Å². The van der Waals surface area contributed by atoms with Crippen LogP contribution in [0.1, 0.15) is 16.7 Å². The molecule has 0 unspecified atom stereocenters. The van der Waals surface area contributed by atoms with Gasteiger partial charge < -0.3 is 10.2 Å². The Kier molecular flexibility index (Phi) is 1.45. The van der Waals surface area contributed by atoms with Gasteiger partial charge in [-0.15, -0.1) is 0 Å². The lowest BCUT2D eigenvalue weighted by Gasteiger charge is -2.21. The average Bonchev–Trinajstić information content (AvgIpc) is 2.53. The lowest BCUT2D eigenvalue weighted by molar-refractivity contribution is -0.131. The topological polar surface area (TPSA) is 74.6 Å². The smallest absolute Gasteiger partial charge is 0.336 e. The van der Waals surface area contributed by atoms with Gasteiger partial charge in [0.1, 0.15) is 0 Å². The summed E-state index contributed by atoms with van der Waals surface area (Å²) in [6, 6.07) is 5.07. The highest BCUT2D eigenvalue weighted by molar-refractivity contribution is 6.38. The lowest BCUT2D eigenvalue weighted by Crippen LogP contribution is -2.12. The second-order valence-corrected chi connectivity index (χ2v) is 3.69. The summed E-state index contributed by atoms with van der Waals surface area (Å²) in [6.07, 6.45) is 1.43. The van der Waals surface area contributed by atoms with E-state index in [1.54, 1.807) is 18.2 Å². The predicted octanol–water partition coefficient (Wildman–Crippen LogP) is 1.48. The molecule has 0 amide bonds. The van der Waals surface area contributed by atoms with Crippen LogP contribution < -0.4 is 0 Å². The highest BCUT2D eigenvalue weighted by Gasteiger charge is 2.37. The van der Waals surface area contributed by atoms with Gasteiger partial charge in [-0.1, -0.05) is 18.2 Å². The minimum Gasteiger partial charge on any atom is -0.478 e. The molecule has 0 fully saturated rings. The third kappa shape index (κ3) is 0.839. The molecule has 2 aliphatic rings. The van der Waals surface area contributed by atoms with Gasteiger partial charge in [-0.2, -0.15) is 0 Å². The van der Waals surface area contributed by atoms with E-state index >= 15 is 0 Å². The van der Waals surface area contributed by atoms with E-state index in [1.807, 2.05) is 0 Å². The van der Waals surface area contributed by atoms with E-state index in [4.69, 9.17) is 10.2 Å². The first-order valence-electron chi connectivity index (χ1n) is 4.68. The van der Waals surface area contributed by atoms with Crippen LogP contribution in [0.2, 0.25) is 0 Å². The molecule has 3 rings (SSSR count). The van der Waals surface area contributed by atoms with E-state index in [0.29, 0.717) is 16.7 Å². The Bertz CT molecular complexity index is 620. The number of hydrogen-bond donors (Lipinski definition) is 2. The summed E-state index contributed by atoms with van der Waals surface area (Å²) in [4.78, 5) is 21.9. The van der Waals surface area contributed by atoms with Gasteiger partial charge in [0.25, 0.3) is 0 Å². The van der Waals surface area contributed by atoms with Crippen molar-refractivity contribution in [2.75, 3.05) is 0 Å². The maximum absolute atomic E-state index is 11.0. The first-order chi connectivity index (χ1) is 7.61. The van der Waals surface area contributed by atoms with Gasteiger partial charge >= 0.3 is 11.9 Å². The molecule has 4 heteroatoms. The van der Waals surface area contributed by atoms with Crippen LogP contribution in [0.4, 0.5) is 0 Å². The fourth-order valence-electron chi connectivity index (χ4n) is 2.26. The maximum atomic E-state index is 11.0. The molecule has 2 N–H and O–H groups in total. The molecule has 16 heavy (non-hydrogen) atoms. The van der Waals surface area contributed by atoms with Gasteiger partial charge in [-0.05, 0) is 28.3 Å². The zero-order chi connectivity index (χ0) is 11.4. The van der Waals surface area contributed by atoms with Crippen LogP contribution in [0.25, 0.3) is 16.7 Å². The molecule has 0 saturated carbocycles. The molecule has 0 aromatic heterocycles. The van der Waals surface area contributed by atoms with Gasteiger partial charge in [0.05, 0.1) is 11.1 Å². The van der Waals surface area contributed by atoms with Gasteiger partial charge in [0.15, 0.2) is 0 Å². The standard InChI is InChI=1S/C12H6O4/c13-11(14)7-4-8-9-5(7)2-1-3-6(9)10(8)12(15)16/h1-4H,(H,13,14)(H,15,16). The number of carboxylic acid groups (broad SMARTS) is 2.